The largest absolute Gasteiger partial charge is 0.356 e. The molecule has 0 bridgehead atoms. The second-order valence-electron chi connectivity index (χ2n) is 8.11. The van der Waals surface area contributed by atoms with Crippen LogP contribution in [-0.4, -0.2) is 61.9 Å². The van der Waals surface area contributed by atoms with Crippen molar-refractivity contribution in [2.45, 2.75) is 63.8 Å². The standard InChI is InChI=1S/C19H33N5O2.HI/c1-20-18(21-10-8-16(25)23-15-6-3-2-4-7-15)24-11-5-9-19(14-24)12-17(26)22-13-19;/h15H,2-14H2,1H3,(H,20,21)(H,22,26)(H,23,25);1H. The molecule has 0 radical (unpaired) electrons. The quantitative estimate of drug-likeness (QED) is 0.317. The maximum absolute atomic E-state index is 12.1. The molecule has 154 valence electrons. The van der Waals surface area contributed by atoms with Crippen LogP contribution in [0.2, 0.25) is 0 Å². The summed E-state index contributed by atoms with van der Waals surface area (Å²) >= 11 is 0. The van der Waals surface area contributed by atoms with Crippen LogP contribution in [0.4, 0.5) is 0 Å². The third-order valence-corrected chi connectivity index (χ3v) is 5.97. The third kappa shape index (κ3) is 6.22. The number of guanidine groups is 1. The maximum atomic E-state index is 12.1. The van der Waals surface area contributed by atoms with E-state index < -0.39 is 0 Å². The first kappa shape index (κ1) is 22.2. The van der Waals surface area contributed by atoms with Gasteiger partial charge in [-0.2, -0.15) is 0 Å². The topological polar surface area (TPSA) is 85.8 Å². The van der Waals surface area contributed by atoms with Gasteiger partial charge in [-0.1, -0.05) is 19.3 Å². The summed E-state index contributed by atoms with van der Waals surface area (Å²) in [6.45, 7) is 3.15. The number of likely N-dealkylation sites (tertiary alicyclic amines) is 1. The Labute approximate surface area is 179 Å². The molecule has 0 aromatic carbocycles. The number of piperidine rings is 1. The van der Waals surface area contributed by atoms with Crippen LogP contribution in [0.15, 0.2) is 4.99 Å². The van der Waals surface area contributed by atoms with E-state index in [0.717, 1.165) is 51.3 Å². The predicted molar refractivity (Wildman–Crippen MR) is 117 cm³/mol. The van der Waals surface area contributed by atoms with Crippen molar-refractivity contribution in [3.05, 3.63) is 0 Å². The lowest BCUT2D eigenvalue weighted by Crippen LogP contribution is -2.51. The Balaban J connectivity index is 0.00000261. The number of carbonyl (C=O) groups excluding carboxylic acids is 2. The van der Waals surface area contributed by atoms with Gasteiger partial charge in [-0.25, -0.2) is 0 Å². The van der Waals surface area contributed by atoms with Gasteiger partial charge in [0.25, 0.3) is 0 Å². The number of nitrogens with zero attached hydrogens (tertiary/aromatic N) is 2. The van der Waals surface area contributed by atoms with Crippen LogP contribution in [-0.2, 0) is 9.59 Å². The maximum Gasteiger partial charge on any atom is 0.221 e. The molecule has 0 aromatic heterocycles. The Kier molecular flexibility index (Phi) is 8.62. The first-order valence-electron chi connectivity index (χ1n) is 10.1. The van der Waals surface area contributed by atoms with Gasteiger partial charge < -0.3 is 20.9 Å². The number of hydrogen-bond acceptors (Lipinski definition) is 3. The van der Waals surface area contributed by atoms with Gasteiger partial charge in [0.05, 0.1) is 0 Å². The molecule has 3 N–H and O–H groups in total. The fourth-order valence-electron chi connectivity index (χ4n) is 4.60. The van der Waals surface area contributed by atoms with Gasteiger partial charge >= 0.3 is 0 Å². The smallest absolute Gasteiger partial charge is 0.221 e. The minimum Gasteiger partial charge on any atom is -0.356 e. The Morgan fingerprint density at radius 1 is 1.30 bits per heavy atom. The lowest BCUT2D eigenvalue weighted by Gasteiger charge is -2.40. The van der Waals surface area contributed by atoms with Gasteiger partial charge in [0.2, 0.25) is 11.8 Å². The van der Waals surface area contributed by atoms with Crippen molar-refractivity contribution in [1.29, 1.82) is 0 Å². The monoisotopic (exact) mass is 491 g/mol. The third-order valence-electron chi connectivity index (χ3n) is 5.97. The molecular formula is C19H34IN5O2. The van der Waals surface area contributed by atoms with E-state index in [-0.39, 0.29) is 41.2 Å². The summed E-state index contributed by atoms with van der Waals surface area (Å²) in [4.78, 5) is 30.4. The van der Waals surface area contributed by atoms with Crippen LogP contribution >= 0.6 is 24.0 Å². The van der Waals surface area contributed by atoms with E-state index in [1.54, 1.807) is 7.05 Å². The van der Waals surface area contributed by atoms with Crippen LogP contribution < -0.4 is 16.0 Å². The van der Waals surface area contributed by atoms with Crippen molar-refractivity contribution in [3.63, 3.8) is 0 Å². The molecule has 1 saturated carbocycles. The van der Waals surface area contributed by atoms with Crippen molar-refractivity contribution in [3.8, 4) is 0 Å². The minimum absolute atomic E-state index is 0. The Bertz CT molecular complexity index is 550. The molecule has 2 aliphatic heterocycles. The van der Waals surface area contributed by atoms with E-state index in [1.165, 1.54) is 19.3 Å². The molecule has 0 aromatic rings. The number of amides is 2. The van der Waals surface area contributed by atoms with Crippen LogP contribution in [0.25, 0.3) is 0 Å². The van der Waals surface area contributed by atoms with Gasteiger partial charge in [-0.05, 0) is 25.7 Å². The summed E-state index contributed by atoms with van der Waals surface area (Å²) in [5, 5.41) is 9.47. The molecule has 1 aliphatic carbocycles. The number of carbonyl (C=O) groups is 2. The van der Waals surface area contributed by atoms with Crippen molar-refractivity contribution in [1.82, 2.24) is 20.9 Å². The summed E-state index contributed by atoms with van der Waals surface area (Å²) < 4.78 is 0. The Hall–Kier alpha value is -1.06. The summed E-state index contributed by atoms with van der Waals surface area (Å²) in [5.41, 5.74) is 0.0469. The van der Waals surface area contributed by atoms with E-state index in [0.29, 0.717) is 25.4 Å². The van der Waals surface area contributed by atoms with Crippen LogP contribution in [0.1, 0.15) is 57.8 Å². The van der Waals surface area contributed by atoms with E-state index >= 15 is 0 Å². The number of nitrogens with one attached hydrogen (secondary N) is 3. The predicted octanol–water partition coefficient (Wildman–Crippen LogP) is 1.62. The Morgan fingerprint density at radius 2 is 2.07 bits per heavy atom. The van der Waals surface area contributed by atoms with Crippen LogP contribution in [0, 0.1) is 5.41 Å². The highest BCUT2D eigenvalue weighted by Crippen LogP contribution is 2.35. The van der Waals surface area contributed by atoms with Gasteiger partial charge in [0.1, 0.15) is 0 Å². The number of aliphatic imine (C=N–C) groups is 1. The molecule has 2 amide bonds. The molecule has 2 heterocycles. The zero-order valence-corrected chi connectivity index (χ0v) is 18.7. The fourth-order valence-corrected chi connectivity index (χ4v) is 4.60. The van der Waals surface area contributed by atoms with Gasteiger partial charge in [-0.15, -0.1) is 24.0 Å². The van der Waals surface area contributed by atoms with Gasteiger partial charge in [0, 0.05) is 57.5 Å². The lowest BCUT2D eigenvalue weighted by atomic mass is 9.79. The van der Waals surface area contributed by atoms with E-state index in [2.05, 4.69) is 25.8 Å². The molecule has 2 saturated heterocycles. The average molecular weight is 491 g/mol. The molecular weight excluding hydrogens is 457 g/mol. The highest BCUT2D eigenvalue weighted by Gasteiger charge is 2.42. The van der Waals surface area contributed by atoms with Crippen LogP contribution in [0.3, 0.4) is 0 Å². The minimum atomic E-state index is 0. The highest BCUT2D eigenvalue weighted by atomic mass is 127. The van der Waals surface area contributed by atoms with Gasteiger partial charge in [-0.3, -0.25) is 14.6 Å². The summed E-state index contributed by atoms with van der Waals surface area (Å²) in [6.07, 6.45) is 9.21. The normalized spacial score (nSPS) is 26.5. The van der Waals surface area contributed by atoms with E-state index in [1.807, 2.05) is 0 Å². The molecule has 8 heteroatoms. The summed E-state index contributed by atoms with van der Waals surface area (Å²) in [7, 11) is 1.78. The van der Waals surface area contributed by atoms with Crippen molar-refractivity contribution >= 4 is 41.8 Å². The molecule has 7 nitrogen and oxygen atoms in total. The van der Waals surface area contributed by atoms with Crippen molar-refractivity contribution in [2.75, 3.05) is 33.2 Å². The number of halogens is 1. The fraction of sp³-hybridized carbons (Fsp3) is 0.842. The van der Waals surface area contributed by atoms with E-state index in [4.69, 9.17) is 0 Å². The second-order valence-corrected chi connectivity index (χ2v) is 8.11. The molecule has 1 unspecified atom stereocenters. The van der Waals surface area contributed by atoms with Gasteiger partial charge in [0.15, 0.2) is 5.96 Å². The molecule has 3 fully saturated rings. The Morgan fingerprint density at radius 3 is 2.74 bits per heavy atom. The number of rotatable bonds is 4. The molecule has 3 aliphatic rings. The highest BCUT2D eigenvalue weighted by molar-refractivity contribution is 14.0. The zero-order valence-electron chi connectivity index (χ0n) is 16.4. The van der Waals surface area contributed by atoms with E-state index in [9.17, 15) is 9.59 Å². The molecule has 1 spiro atoms. The molecule has 27 heavy (non-hydrogen) atoms. The second kappa shape index (κ2) is 10.5. The van der Waals surface area contributed by atoms with Crippen molar-refractivity contribution in [2.24, 2.45) is 10.4 Å². The lowest BCUT2D eigenvalue weighted by molar-refractivity contribution is -0.122. The zero-order chi connectivity index (χ0) is 18.4. The molecule has 3 rings (SSSR count). The summed E-state index contributed by atoms with van der Waals surface area (Å²) in [6, 6.07) is 0.366. The average Bonchev–Trinajstić information content (AvgIpc) is 2.99. The number of hydrogen-bond donors (Lipinski definition) is 3. The summed E-state index contributed by atoms with van der Waals surface area (Å²) in [5.74, 6) is 1.13. The molecule has 1 atom stereocenters. The SMILES string of the molecule is CN=C(NCCC(=O)NC1CCCCC1)N1CCCC2(CNC(=O)C2)C1.I. The van der Waals surface area contributed by atoms with Crippen molar-refractivity contribution < 1.29 is 9.59 Å². The first-order chi connectivity index (χ1) is 12.6. The van der Waals surface area contributed by atoms with Crippen LogP contribution in [0.5, 0.6) is 0 Å². The first-order valence-corrected chi connectivity index (χ1v) is 10.1.